The predicted octanol–water partition coefficient (Wildman–Crippen LogP) is 4.16. The van der Waals surface area contributed by atoms with Crippen LogP contribution < -0.4 is 5.32 Å². The summed E-state index contributed by atoms with van der Waals surface area (Å²) in [6, 6.07) is 11.9. The highest BCUT2D eigenvalue weighted by Crippen LogP contribution is 2.34. The Hall–Kier alpha value is -0.810. The Balaban J connectivity index is 1.93. The molecule has 3 rings (SSSR count). The van der Waals surface area contributed by atoms with Gasteiger partial charge in [0, 0.05) is 29.4 Å². The zero-order valence-electron chi connectivity index (χ0n) is 13.3. The van der Waals surface area contributed by atoms with Crippen LogP contribution in [0.1, 0.15) is 28.5 Å². The van der Waals surface area contributed by atoms with Gasteiger partial charge in [-0.2, -0.15) is 0 Å². The molecule has 0 bridgehead atoms. The van der Waals surface area contributed by atoms with Crippen LogP contribution in [0.5, 0.6) is 0 Å². The van der Waals surface area contributed by atoms with Gasteiger partial charge in [-0.25, -0.2) is 0 Å². The molecule has 2 nitrogen and oxygen atoms in total. The van der Waals surface area contributed by atoms with Crippen molar-refractivity contribution in [2.45, 2.75) is 24.3 Å². The van der Waals surface area contributed by atoms with Crippen molar-refractivity contribution in [2.75, 3.05) is 32.4 Å². The highest BCUT2D eigenvalue weighted by Gasteiger charge is 2.24. The van der Waals surface area contributed by atoms with Crippen LogP contribution in [0.3, 0.4) is 0 Å². The standard InChI is InChI=1S/C18H24N2S2/c1-14-12-17(22-13-14)18(20-10-3-8-19-9-11-20)15-4-6-16(21-2)7-5-15/h4-7,12-13,18-19H,3,8-11H2,1-2H3. The van der Waals surface area contributed by atoms with Crippen LogP contribution in [0, 0.1) is 6.92 Å². The molecule has 118 valence electrons. The van der Waals surface area contributed by atoms with Gasteiger partial charge < -0.3 is 5.32 Å². The van der Waals surface area contributed by atoms with E-state index in [9.17, 15) is 0 Å². The first-order chi connectivity index (χ1) is 10.8. The van der Waals surface area contributed by atoms with Gasteiger partial charge in [0.1, 0.15) is 0 Å². The van der Waals surface area contributed by atoms with Crippen molar-refractivity contribution in [3.8, 4) is 0 Å². The fourth-order valence-corrected chi connectivity index (χ4v) is 4.53. The lowest BCUT2D eigenvalue weighted by molar-refractivity contribution is 0.244. The number of hydrogen-bond acceptors (Lipinski definition) is 4. The number of rotatable bonds is 4. The highest BCUT2D eigenvalue weighted by molar-refractivity contribution is 7.98. The first-order valence-corrected chi connectivity index (χ1v) is 10.0. The topological polar surface area (TPSA) is 15.3 Å². The monoisotopic (exact) mass is 332 g/mol. The average Bonchev–Trinajstić information content (AvgIpc) is 2.80. The van der Waals surface area contributed by atoms with Crippen molar-refractivity contribution in [3.63, 3.8) is 0 Å². The molecule has 4 heteroatoms. The maximum atomic E-state index is 3.52. The summed E-state index contributed by atoms with van der Waals surface area (Å²) in [6.45, 7) is 6.70. The molecule has 1 unspecified atom stereocenters. The van der Waals surface area contributed by atoms with Gasteiger partial charge in [-0.15, -0.1) is 23.1 Å². The number of nitrogens with one attached hydrogen (secondary N) is 1. The lowest BCUT2D eigenvalue weighted by atomic mass is 10.0. The zero-order valence-corrected chi connectivity index (χ0v) is 15.0. The van der Waals surface area contributed by atoms with Crippen molar-refractivity contribution in [3.05, 3.63) is 51.7 Å². The number of thioether (sulfide) groups is 1. The largest absolute Gasteiger partial charge is 0.315 e. The number of nitrogens with zero attached hydrogens (tertiary/aromatic N) is 1. The molecule has 1 aliphatic heterocycles. The van der Waals surface area contributed by atoms with Gasteiger partial charge >= 0.3 is 0 Å². The SMILES string of the molecule is CSc1ccc(C(c2cc(C)cs2)N2CCCNCC2)cc1. The van der Waals surface area contributed by atoms with Crippen LogP contribution in [-0.4, -0.2) is 37.3 Å². The molecule has 1 atom stereocenters. The molecule has 1 saturated heterocycles. The first kappa shape index (κ1) is 16.1. The smallest absolute Gasteiger partial charge is 0.0696 e. The lowest BCUT2D eigenvalue weighted by Gasteiger charge is -2.30. The molecule has 1 aromatic heterocycles. The maximum absolute atomic E-state index is 3.52. The summed E-state index contributed by atoms with van der Waals surface area (Å²) in [5.41, 5.74) is 2.79. The molecule has 0 amide bonds. The minimum atomic E-state index is 0.398. The van der Waals surface area contributed by atoms with Gasteiger partial charge in [-0.3, -0.25) is 4.90 Å². The van der Waals surface area contributed by atoms with Crippen molar-refractivity contribution in [1.29, 1.82) is 0 Å². The Morgan fingerprint density at radius 1 is 1.18 bits per heavy atom. The number of aryl methyl sites for hydroxylation is 1. The van der Waals surface area contributed by atoms with Crippen LogP contribution >= 0.6 is 23.1 Å². The molecule has 22 heavy (non-hydrogen) atoms. The zero-order chi connectivity index (χ0) is 15.4. The van der Waals surface area contributed by atoms with Crippen molar-refractivity contribution >= 4 is 23.1 Å². The molecule has 0 radical (unpaired) electrons. The molecule has 1 aliphatic rings. The third-order valence-electron chi connectivity index (χ3n) is 4.19. The van der Waals surface area contributed by atoms with Crippen LogP contribution in [0.25, 0.3) is 0 Å². The summed E-state index contributed by atoms with van der Waals surface area (Å²) < 4.78 is 0. The minimum absolute atomic E-state index is 0.398. The van der Waals surface area contributed by atoms with Gasteiger partial charge in [-0.1, -0.05) is 12.1 Å². The van der Waals surface area contributed by atoms with Crippen molar-refractivity contribution in [2.24, 2.45) is 0 Å². The summed E-state index contributed by atoms with van der Waals surface area (Å²) in [5, 5.41) is 5.79. The van der Waals surface area contributed by atoms with Crippen LogP contribution in [0.15, 0.2) is 40.6 Å². The predicted molar refractivity (Wildman–Crippen MR) is 98.2 cm³/mol. The fourth-order valence-electron chi connectivity index (χ4n) is 3.06. The molecule has 1 aromatic carbocycles. The number of hydrogen-bond donors (Lipinski definition) is 1. The third-order valence-corrected chi connectivity index (χ3v) is 6.04. The number of benzene rings is 1. The number of thiophene rings is 1. The Morgan fingerprint density at radius 2 is 2.00 bits per heavy atom. The molecule has 1 fully saturated rings. The summed E-state index contributed by atoms with van der Waals surface area (Å²) in [4.78, 5) is 5.44. The first-order valence-electron chi connectivity index (χ1n) is 7.91. The molecule has 1 N–H and O–H groups in total. The van der Waals surface area contributed by atoms with E-state index in [4.69, 9.17) is 0 Å². The van der Waals surface area contributed by atoms with E-state index < -0.39 is 0 Å². The van der Waals surface area contributed by atoms with Crippen molar-refractivity contribution < 1.29 is 0 Å². The molecular formula is C18H24N2S2. The van der Waals surface area contributed by atoms with Gasteiger partial charge in [0.25, 0.3) is 0 Å². The summed E-state index contributed by atoms with van der Waals surface area (Å²) >= 11 is 3.70. The molecular weight excluding hydrogens is 308 g/mol. The van der Waals surface area contributed by atoms with Gasteiger partial charge in [-0.05, 0) is 60.9 Å². The summed E-state index contributed by atoms with van der Waals surface area (Å²) in [7, 11) is 0. The van der Waals surface area contributed by atoms with E-state index in [0.29, 0.717) is 6.04 Å². The van der Waals surface area contributed by atoms with Gasteiger partial charge in [0.15, 0.2) is 0 Å². The Labute approximate surface area is 141 Å². The molecule has 2 aromatic rings. The Morgan fingerprint density at radius 3 is 2.68 bits per heavy atom. The van der Waals surface area contributed by atoms with Gasteiger partial charge in [0.2, 0.25) is 0 Å². The van der Waals surface area contributed by atoms with E-state index in [2.05, 4.69) is 59.1 Å². The van der Waals surface area contributed by atoms with E-state index in [1.165, 1.54) is 33.9 Å². The van der Waals surface area contributed by atoms with Crippen LogP contribution in [-0.2, 0) is 0 Å². The van der Waals surface area contributed by atoms with E-state index >= 15 is 0 Å². The lowest BCUT2D eigenvalue weighted by Crippen LogP contribution is -2.32. The maximum Gasteiger partial charge on any atom is 0.0696 e. The van der Waals surface area contributed by atoms with Crippen LogP contribution in [0.2, 0.25) is 0 Å². The van der Waals surface area contributed by atoms with Crippen LogP contribution in [0.4, 0.5) is 0 Å². The second kappa shape index (κ2) is 7.64. The Kier molecular flexibility index (Phi) is 5.58. The van der Waals surface area contributed by atoms with E-state index in [0.717, 1.165) is 19.6 Å². The molecule has 0 aliphatic carbocycles. The van der Waals surface area contributed by atoms with E-state index in [-0.39, 0.29) is 0 Å². The minimum Gasteiger partial charge on any atom is -0.315 e. The Bertz CT molecular complexity index is 583. The van der Waals surface area contributed by atoms with E-state index in [1.807, 2.05) is 23.1 Å². The molecule has 0 spiro atoms. The average molecular weight is 333 g/mol. The third kappa shape index (κ3) is 3.74. The highest BCUT2D eigenvalue weighted by atomic mass is 32.2. The fraction of sp³-hybridized carbons (Fsp3) is 0.444. The second-order valence-electron chi connectivity index (χ2n) is 5.84. The molecule has 2 heterocycles. The summed E-state index contributed by atoms with van der Waals surface area (Å²) in [6.07, 6.45) is 3.36. The summed E-state index contributed by atoms with van der Waals surface area (Å²) in [5.74, 6) is 0. The normalized spacial score (nSPS) is 18.1. The van der Waals surface area contributed by atoms with Gasteiger partial charge in [0.05, 0.1) is 6.04 Å². The van der Waals surface area contributed by atoms with Crippen molar-refractivity contribution in [1.82, 2.24) is 10.2 Å². The quantitative estimate of drug-likeness (QED) is 0.846. The second-order valence-corrected chi connectivity index (χ2v) is 7.66. The molecule has 0 saturated carbocycles. The van der Waals surface area contributed by atoms with E-state index in [1.54, 1.807) is 0 Å².